The van der Waals surface area contributed by atoms with Crippen molar-refractivity contribution in [1.29, 1.82) is 0 Å². The minimum absolute atomic E-state index is 0.0266. The van der Waals surface area contributed by atoms with E-state index in [1.165, 1.54) is 19.6 Å². The smallest absolute Gasteiger partial charge is 0.425 e. The molecular formula is C27H36N6O7. The van der Waals surface area contributed by atoms with Gasteiger partial charge in [0.15, 0.2) is 11.5 Å². The molecule has 1 aliphatic carbocycles. The number of pyridine rings is 1. The van der Waals surface area contributed by atoms with Crippen LogP contribution >= 0.6 is 0 Å². The van der Waals surface area contributed by atoms with Crippen LogP contribution in [0.3, 0.4) is 0 Å². The van der Waals surface area contributed by atoms with Crippen molar-refractivity contribution in [3.05, 3.63) is 24.7 Å². The van der Waals surface area contributed by atoms with Crippen LogP contribution in [0.25, 0.3) is 11.0 Å². The van der Waals surface area contributed by atoms with Crippen LogP contribution in [0, 0.1) is 0 Å². The molecule has 216 valence electrons. The van der Waals surface area contributed by atoms with Crippen LogP contribution in [0.15, 0.2) is 24.7 Å². The zero-order valence-electron chi connectivity index (χ0n) is 23.9. The van der Waals surface area contributed by atoms with Gasteiger partial charge in [0, 0.05) is 12.3 Å². The number of carbonyl (C=O) groups is 2. The van der Waals surface area contributed by atoms with Gasteiger partial charge in [-0.05, 0) is 60.5 Å². The topological polar surface area (TPSA) is 151 Å². The first-order valence-corrected chi connectivity index (χ1v) is 13.1. The maximum absolute atomic E-state index is 13.4. The van der Waals surface area contributed by atoms with Crippen LogP contribution < -0.4 is 14.4 Å². The van der Waals surface area contributed by atoms with Crippen LogP contribution in [0.1, 0.15) is 73.3 Å². The van der Waals surface area contributed by atoms with Gasteiger partial charge in [0.05, 0.1) is 19.3 Å². The Morgan fingerprint density at radius 2 is 1.65 bits per heavy atom. The second kappa shape index (κ2) is 11.2. The van der Waals surface area contributed by atoms with Gasteiger partial charge in [0.25, 0.3) is 5.88 Å². The Morgan fingerprint density at radius 3 is 2.25 bits per heavy atom. The van der Waals surface area contributed by atoms with Crippen LogP contribution in [-0.2, 0) is 9.47 Å². The van der Waals surface area contributed by atoms with Gasteiger partial charge >= 0.3 is 12.2 Å². The highest BCUT2D eigenvalue weighted by molar-refractivity contribution is 6.14. The summed E-state index contributed by atoms with van der Waals surface area (Å²) in [6, 6.07) is 2.80. The van der Waals surface area contributed by atoms with Gasteiger partial charge < -0.3 is 24.1 Å². The van der Waals surface area contributed by atoms with E-state index in [0.29, 0.717) is 23.5 Å². The second-order valence-electron chi connectivity index (χ2n) is 11.5. The number of carbonyl (C=O) groups excluding carboxylic acids is 2. The van der Waals surface area contributed by atoms with E-state index in [1.807, 2.05) is 0 Å². The van der Waals surface area contributed by atoms with E-state index in [2.05, 4.69) is 20.1 Å². The number of nitrogens with zero attached hydrogens (tertiary/aromatic N) is 6. The number of imide groups is 1. The van der Waals surface area contributed by atoms with E-state index in [9.17, 15) is 14.7 Å². The molecule has 1 aliphatic rings. The fourth-order valence-electron chi connectivity index (χ4n) is 4.31. The highest BCUT2D eigenvalue weighted by Gasteiger charge is 2.38. The Balaban J connectivity index is 1.93. The minimum Gasteiger partial charge on any atom is -0.497 e. The molecule has 3 aromatic rings. The first-order valence-electron chi connectivity index (χ1n) is 13.1. The van der Waals surface area contributed by atoms with E-state index in [4.69, 9.17) is 18.9 Å². The average Bonchev–Trinajstić information content (AvgIpc) is 3.21. The summed E-state index contributed by atoms with van der Waals surface area (Å²) in [6.07, 6.45) is 3.05. The highest BCUT2D eigenvalue weighted by Crippen LogP contribution is 2.39. The standard InChI is InChI=1S/C27H36N6O7/c1-26(2,3)39-24(35)32(25(36)40-27(4,5)6)21-20-22(30-15-29-21)33(17-10-8-9-11-18(17)34)31-23(20)38-19-14-16(37-7)12-13-28-19/h12-15,17-18,34H,8-11H2,1-7H3/t17?,18-/m0/s1. The van der Waals surface area contributed by atoms with E-state index in [-0.39, 0.29) is 28.6 Å². The SMILES string of the molecule is COc1ccnc(Oc2nn(C3CCCC[C@@H]3O)c3ncnc(N(C(=O)OC(C)(C)C)C(=O)OC(C)(C)C)c23)c1. The Labute approximate surface area is 232 Å². The number of aliphatic hydroxyl groups is 1. The monoisotopic (exact) mass is 556 g/mol. The molecule has 13 nitrogen and oxygen atoms in total. The molecule has 3 aromatic heterocycles. The van der Waals surface area contributed by atoms with Crippen molar-refractivity contribution in [2.45, 2.75) is 90.6 Å². The first kappa shape index (κ1) is 29.0. The summed E-state index contributed by atoms with van der Waals surface area (Å²) in [6.45, 7) is 10.1. The lowest BCUT2D eigenvalue weighted by atomic mass is 9.93. The van der Waals surface area contributed by atoms with Crippen molar-refractivity contribution in [3.8, 4) is 17.5 Å². The number of amides is 2. The molecule has 1 N–H and O–H groups in total. The number of ether oxygens (including phenoxy) is 4. The zero-order valence-corrected chi connectivity index (χ0v) is 23.9. The predicted octanol–water partition coefficient (Wildman–Crippen LogP) is 5.17. The molecule has 0 radical (unpaired) electrons. The van der Waals surface area contributed by atoms with Crippen molar-refractivity contribution in [2.24, 2.45) is 0 Å². The molecule has 3 heterocycles. The molecule has 1 fully saturated rings. The summed E-state index contributed by atoms with van der Waals surface area (Å²) in [7, 11) is 1.51. The van der Waals surface area contributed by atoms with Crippen LogP contribution in [0.4, 0.5) is 15.4 Å². The lowest BCUT2D eigenvalue weighted by molar-refractivity contribution is 0.0429. The van der Waals surface area contributed by atoms with Gasteiger partial charge in [-0.25, -0.2) is 29.2 Å². The van der Waals surface area contributed by atoms with Crippen molar-refractivity contribution in [1.82, 2.24) is 24.7 Å². The first-order chi connectivity index (χ1) is 18.8. The molecule has 0 aromatic carbocycles. The molecule has 40 heavy (non-hydrogen) atoms. The highest BCUT2D eigenvalue weighted by atomic mass is 16.6. The third kappa shape index (κ3) is 6.58. The molecule has 1 saturated carbocycles. The van der Waals surface area contributed by atoms with Crippen molar-refractivity contribution >= 4 is 29.0 Å². The molecule has 2 amide bonds. The van der Waals surface area contributed by atoms with Crippen molar-refractivity contribution in [2.75, 3.05) is 12.0 Å². The predicted molar refractivity (Wildman–Crippen MR) is 145 cm³/mol. The normalized spacial score (nSPS) is 17.8. The molecular weight excluding hydrogens is 520 g/mol. The van der Waals surface area contributed by atoms with Crippen LogP contribution in [0.2, 0.25) is 0 Å². The molecule has 1 unspecified atom stereocenters. The maximum atomic E-state index is 13.4. The zero-order chi connectivity index (χ0) is 29.2. The number of aromatic nitrogens is 5. The quantitative estimate of drug-likeness (QED) is 0.443. The second-order valence-corrected chi connectivity index (χ2v) is 11.5. The summed E-state index contributed by atoms with van der Waals surface area (Å²) in [5.74, 6) is 0.465. The van der Waals surface area contributed by atoms with Crippen LogP contribution in [-0.4, -0.2) is 66.4 Å². The number of hydrogen-bond acceptors (Lipinski definition) is 11. The summed E-state index contributed by atoms with van der Waals surface area (Å²) in [5.41, 5.74) is -1.60. The fourth-order valence-corrected chi connectivity index (χ4v) is 4.31. The van der Waals surface area contributed by atoms with Gasteiger partial charge in [-0.2, -0.15) is 4.90 Å². The van der Waals surface area contributed by atoms with Gasteiger partial charge in [-0.15, -0.1) is 5.10 Å². The third-order valence-corrected chi connectivity index (χ3v) is 5.95. The van der Waals surface area contributed by atoms with Gasteiger partial charge in [0.1, 0.15) is 28.7 Å². The van der Waals surface area contributed by atoms with E-state index in [0.717, 1.165) is 12.8 Å². The summed E-state index contributed by atoms with van der Waals surface area (Å²) in [4.78, 5) is 40.5. The average molecular weight is 557 g/mol. The molecule has 2 atom stereocenters. The molecule has 4 rings (SSSR count). The van der Waals surface area contributed by atoms with Crippen molar-refractivity contribution in [3.63, 3.8) is 0 Å². The Hall–Kier alpha value is -4.00. The Morgan fingerprint density at radius 1 is 1.00 bits per heavy atom. The van der Waals surface area contributed by atoms with E-state index >= 15 is 0 Å². The molecule has 0 saturated heterocycles. The number of anilines is 1. The van der Waals surface area contributed by atoms with Crippen LogP contribution in [0.5, 0.6) is 17.5 Å². The molecule has 0 aliphatic heterocycles. The number of aliphatic hydroxyl groups excluding tert-OH is 1. The summed E-state index contributed by atoms with van der Waals surface area (Å²) < 4.78 is 24.0. The number of rotatable bonds is 5. The molecule has 0 spiro atoms. The summed E-state index contributed by atoms with van der Waals surface area (Å²) >= 11 is 0. The Bertz CT molecular complexity index is 1350. The number of hydrogen-bond donors (Lipinski definition) is 1. The Kier molecular flexibility index (Phi) is 8.15. The molecule has 13 heteroatoms. The largest absolute Gasteiger partial charge is 0.497 e. The lowest BCUT2D eigenvalue weighted by Crippen LogP contribution is -2.44. The number of methoxy groups -OCH3 is 1. The number of fused-ring (bicyclic) bond motifs is 1. The fraction of sp³-hybridized carbons (Fsp3) is 0.556. The van der Waals surface area contributed by atoms with Gasteiger partial charge in [-0.1, -0.05) is 12.8 Å². The van der Waals surface area contributed by atoms with Crippen molar-refractivity contribution < 1.29 is 33.6 Å². The maximum Gasteiger partial charge on any atom is 0.425 e. The van der Waals surface area contributed by atoms with Gasteiger partial charge in [-0.3, -0.25) is 0 Å². The third-order valence-electron chi connectivity index (χ3n) is 5.95. The lowest BCUT2D eigenvalue weighted by Gasteiger charge is -2.28. The van der Waals surface area contributed by atoms with E-state index < -0.39 is 35.5 Å². The minimum atomic E-state index is -1.00. The van der Waals surface area contributed by atoms with E-state index in [1.54, 1.807) is 58.4 Å². The summed E-state index contributed by atoms with van der Waals surface area (Å²) in [5, 5.41) is 15.6. The molecule has 0 bridgehead atoms. The van der Waals surface area contributed by atoms with Gasteiger partial charge in [0.2, 0.25) is 5.88 Å².